The molecule has 1 heterocycles. The quantitative estimate of drug-likeness (QED) is 0.892. The van der Waals surface area contributed by atoms with Crippen LogP contribution in [0.25, 0.3) is 0 Å². The van der Waals surface area contributed by atoms with Crippen LogP contribution in [0.1, 0.15) is 45.6 Å². The van der Waals surface area contributed by atoms with Crippen LogP contribution >= 0.6 is 11.3 Å². The summed E-state index contributed by atoms with van der Waals surface area (Å²) in [5.74, 6) is 0.0177. The van der Waals surface area contributed by atoms with Crippen LogP contribution in [0.5, 0.6) is 0 Å². The number of nitrogens with one attached hydrogen (secondary N) is 1. The molecule has 19 heavy (non-hydrogen) atoms. The van der Waals surface area contributed by atoms with Gasteiger partial charge in [0.1, 0.15) is 0 Å². The van der Waals surface area contributed by atoms with Gasteiger partial charge in [0.05, 0.1) is 10.9 Å². The van der Waals surface area contributed by atoms with E-state index in [1.807, 2.05) is 43.3 Å². The Labute approximate surface area is 118 Å². The van der Waals surface area contributed by atoms with E-state index in [0.29, 0.717) is 0 Å². The molecule has 0 spiro atoms. The lowest BCUT2D eigenvalue weighted by atomic mass is 10.1. The fraction of sp³-hybridized carbons (Fsp3) is 0.312. The molecule has 2 aromatic rings. The summed E-state index contributed by atoms with van der Waals surface area (Å²) in [5, 5.41) is 3.05. The average Bonchev–Trinajstić information content (AvgIpc) is 2.81. The van der Waals surface area contributed by atoms with Crippen molar-refractivity contribution in [2.45, 2.75) is 33.2 Å². The van der Waals surface area contributed by atoms with Gasteiger partial charge in [0.2, 0.25) is 0 Å². The van der Waals surface area contributed by atoms with Gasteiger partial charge in [0.25, 0.3) is 5.91 Å². The highest BCUT2D eigenvalue weighted by Gasteiger charge is 2.14. The highest BCUT2D eigenvalue weighted by Crippen LogP contribution is 2.23. The monoisotopic (exact) mass is 273 g/mol. The molecule has 0 bridgehead atoms. The van der Waals surface area contributed by atoms with Crippen molar-refractivity contribution in [2.75, 3.05) is 0 Å². The minimum Gasteiger partial charge on any atom is -0.345 e. The molecule has 1 N–H and O–H groups in total. The van der Waals surface area contributed by atoms with Gasteiger partial charge in [-0.25, -0.2) is 0 Å². The largest absolute Gasteiger partial charge is 0.345 e. The van der Waals surface area contributed by atoms with E-state index in [2.05, 4.69) is 19.2 Å². The van der Waals surface area contributed by atoms with E-state index in [9.17, 15) is 4.79 Å². The van der Waals surface area contributed by atoms with E-state index in [1.165, 1.54) is 10.4 Å². The number of benzene rings is 1. The molecule has 0 unspecified atom stereocenters. The molecule has 1 aromatic heterocycles. The minimum atomic E-state index is 0.0177. The van der Waals surface area contributed by atoms with Gasteiger partial charge in [-0.1, -0.05) is 37.3 Å². The van der Waals surface area contributed by atoms with E-state index >= 15 is 0 Å². The number of rotatable bonds is 4. The Kier molecular flexibility index (Phi) is 4.38. The SMILES string of the molecule is CCc1cc(C(=O)N[C@@H](C)c2ccccc2)sc1C. The Balaban J connectivity index is 2.08. The molecule has 0 aliphatic rings. The van der Waals surface area contributed by atoms with Gasteiger partial charge in [0.15, 0.2) is 0 Å². The second-order valence-corrected chi connectivity index (χ2v) is 5.91. The van der Waals surface area contributed by atoms with Gasteiger partial charge < -0.3 is 5.32 Å². The first-order valence-electron chi connectivity index (χ1n) is 6.57. The first kappa shape index (κ1) is 13.8. The zero-order chi connectivity index (χ0) is 13.8. The molecule has 0 fully saturated rings. The number of carbonyl (C=O) groups is 1. The molecule has 2 rings (SSSR count). The van der Waals surface area contributed by atoms with Crippen molar-refractivity contribution < 1.29 is 4.79 Å². The summed E-state index contributed by atoms with van der Waals surface area (Å²) in [5.41, 5.74) is 2.39. The molecule has 1 aromatic carbocycles. The molecular weight excluding hydrogens is 254 g/mol. The van der Waals surface area contributed by atoms with Crippen LogP contribution in [0, 0.1) is 6.92 Å². The summed E-state index contributed by atoms with van der Waals surface area (Å²) in [7, 11) is 0. The molecule has 2 nitrogen and oxygen atoms in total. The fourth-order valence-electron chi connectivity index (χ4n) is 2.08. The highest BCUT2D eigenvalue weighted by molar-refractivity contribution is 7.14. The van der Waals surface area contributed by atoms with Gasteiger partial charge in [-0.05, 0) is 37.5 Å². The summed E-state index contributed by atoms with van der Waals surface area (Å²) in [6, 6.07) is 12.1. The van der Waals surface area contributed by atoms with Gasteiger partial charge in [-0.3, -0.25) is 4.79 Å². The van der Waals surface area contributed by atoms with Crippen LogP contribution in [0.15, 0.2) is 36.4 Å². The van der Waals surface area contributed by atoms with Crippen LogP contribution in [0.2, 0.25) is 0 Å². The highest BCUT2D eigenvalue weighted by atomic mass is 32.1. The second-order valence-electron chi connectivity index (χ2n) is 4.65. The minimum absolute atomic E-state index is 0.0177. The summed E-state index contributed by atoms with van der Waals surface area (Å²) in [6.07, 6.45) is 0.976. The van der Waals surface area contributed by atoms with Gasteiger partial charge in [-0.2, -0.15) is 0 Å². The van der Waals surface area contributed by atoms with Crippen molar-refractivity contribution >= 4 is 17.2 Å². The third-order valence-corrected chi connectivity index (χ3v) is 4.36. The number of hydrogen-bond acceptors (Lipinski definition) is 2. The Morgan fingerprint density at radius 3 is 2.58 bits per heavy atom. The van der Waals surface area contributed by atoms with Crippen molar-refractivity contribution in [1.82, 2.24) is 5.32 Å². The van der Waals surface area contributed by atoms with E-state index in [0.717, 1.165) is 16.9 Å². The van der Waals surface area contributed by atoms with E-state index < -0.39 is 0 Å². The Morgan fingerprint density at radius 2 is 2.00 bits per heavy atom. The maximum absolute atomic E-state index is 12.2. The van der Waals surface area contributed by atoms with Crippen molar-refractivity contribution in [3.8, 4) is 0 Å². The normalized spacial score (nSPS) is 12.2. The van der Waals surface area contributed by atoms with Crippen molar-refractivity contribution in [2.24, 2.45) is 0 Å². The van der Waals surface area contributed by atoms with Crippen molar-refractivity contribution in [1.29, 1.82) is 0 Å². The zero-order valence-electron chi connectivity index (χ0n) is 11.6. The van der Waals surface area contributed by atoms with Crippen molar-refractivity contribution in [3.63, 3.8) is 0 Å². The van der Waals surface area contributed by atoms with Crippen molar-refractivity contribution in [3.05, 3.63) is 57.3 Å². The first-order valence-corrected chi connectivity index (χ1v) is 7.38. The molecule has 1 amide bonds. The predicted molar refractivity (Wildman–Crippen MR) is 80.8 cm³/mol. The summed E-state index contributed by atoms with van der Waals surface area (Å²) < 4.78 is 0. The maximum atomic E-state index is 12.2. The van der Waals surface area contributed by atoms with Crippen LogP contribution < -0.4 is 5.32 Å². The summed E-state index contributed by atoms with van der Waals surface area (Å²) in [4.78, 5) is 14.2. The summed E-state index contributed by atoms with van der Waals surface area (Å²) in [6.45, 7) is 6.19. The third-order valence-electron chi connectivity index (χ3n) is 3.27. The van der Waals surface area contributed by atoms with Crippen LogP contribution in [0.3, 0.4) is 0 Å². The predicted octanol–water partition coefficient (Wildman–Crippen LogP) is 4.11. The Bertz CT molecular complexity index is 559. The van der Waals surface area contributed by atoms with Crippen LogP contribution in [-0.2, 0) is 6.42 Å². The molecule has 1 atom stereocenters. The molecule has 100 valence electrons. The lowest BCUT2D eigenvalue weighted by Crippen LogP contribution is -2.25. The topological polar surface area (TPSA) is 29.1 Å². The number of thiophene rings is 1. The average molecular weight is 273 g/mol. The Morgan fingerprint density at radius 1 is 1.32 bits per heavy atom. The molecule has 0 aliphatic heterocycles. The number of carbonyl (C=O) groups excluding carboxylic acids is 1. The molecule has 0 saturated carbocycles. The molecule has 3 heteroatoms. The standard InChI is InChI=1S/C16H19NOS/c1-4-13-10-15(19-12(13)3)16(18)17-11(2)14-8-6-5-7-9-14/h5-11H,4H2,1-3H3,(H,17,18)/t11-/m0/s1. The molecule has 0 radical (unpaired) electrons. The number of hydrogen-bond donors (Lipinski definition) is 1. The number of amides is 1. The lowest BCUT2D eigenvalue weighted by Gasteiger charge is -2.13. The Hall–Kier alpha value is -1.61. The fourth-order valence-corrected chi connectivity index (χ4v) is 3.09. The van der Waals surface area contributed by atoms with Gasteiger partial charge in [-0.15, -0.1) is 11.3 Å². The zero-order valence-corrected chi connectivity index (χ0v) is 12.4. The van der Waals surface area contributed by atoms with E-state index in [-0.39, 0.29) is 11.9 Å². The van der Waals surface area contributed by atoms with E-state index in [1.54, 1.807) is 11.3 Å². The van der Waals surface area contributed by atoms with E-state index in [4.69, 9.17) is 0 Å². The van der Waals surface area contributed by atoms with Crippen LogP contribution in [0.4, 0.5) is 0 Å². The number of aryl methyl sites for hydroxylation is 2. The molecule has 0 saturated heterocycles. The second kappa shape index (κ2) is 6.02. The smallest absolute Gasteiger partial charge is 0.261 e. The molecule has 0 aliphatic carbocycles. The lowest BCUT2D eigenvalue weighted by molar-refractivity contribution is 0.0944. The first-order chi connectivity index (χ1) is 9.11. The van der Waals surface area contributed by atoms with Gasteiger partial charge >= 0.3 is 0 Å². The summed E-state index contributed by atoms with van der Waals surface area (Å²) >= 11 is 1.57. The van der Waals surface area contributed by atoms with Crippen LogP contribution in [-0.4, -0.2) is 5.91 Å². The van der Waals surface area contributed by atoms with Gasteiger partial charge in [0, 0.05) is 4.88 Å². The maximum Gasteiger partial charge on any atom is 0.261 e. The molecular formula is C16H19NOS. The third kappa shape index (κ3) is 3.24.